The summed E-state index contributed by atoms with van der Waals surface area (Å²) in [6.45, 7) is 2.25. The topological polar surface area (TPSA) is 104 Å². The lowest BCUT2D eigenvalue weighted by atomic mass is 10.2. The molecule has 0 atom stereocenters. The average molecular weight is 236 g/mol. The van der Waals surface area contributed by atoms with Crippen LogP contribution >= 0.6 is 0 Å². The predicted molar refractivity (Wildman–Crippen MR) is 58.7 cm³/mol. The summed E-state index contributed by atoms with van der Waals surface area (Å²) in [5.74, 6) is 0. The van der Waals surface area contributed by atoms with Crippen molar-refractivity contribution < 1.29 is 9.85 Å². The minimum atomic E-state index is -0.657. The summed E-state index contributed by atoms with van der Waals surface area (Å²) in [6.07, 6.45) is 1.39. The Kier molecular flexibility index (Phi) is 2.47. The van der Waals surface area contributed by atoms with E-state index in [2.05, 4.69) is 5.10 Å². The Morgan fingerprint density at radius 2 is 2.00 bits per heavy atom. The number of hydrogen-bond acceptors (Lipinski definition) is 5. The number of non-ortho nitro benzene ring substituents is 2. The molecule has 0 aliphatic rings. The van der Waals surface area contributed by atoms with Crippen molar-refractivity contribution in [3.63, 3.8) is 0 Å². The second kappa shape index (κ2) is 3.81. The zero-order chi connectivity index (χ0) is 12.6. The Morgan fingerprint density at radius 1 is 1.29 bits per heavy atom. The number of benzene rings is 1. The van der Waals surface area contributed by atoms with Gasteiger partial charge in [-0.05, 0) is 6.92 Å². The molecular formula is C9H8N4O4. The third-order valence-corrected chi connectivity index (χ3v) is 2.41. The van der Waals surface area contributed by atoms with E-state index in [0.29, 0.717) is 17.4 Å². The van der Waals surface area contributed by atoms with Gasteiger partial charge in [-0.1, -0.05) is 0 Å². The van der Waals surface area contributed by atoms with E-state index in [4.69, 9.17) is 0 Å². The van der Waals surface area contributed by atoms with Crippen molar-refractivity contribution >= 4 is 22.3 Å². The molecule has 0 aliphatic heterocycles. The maximum absolute atomic E-state index is 10.9. The number of fused-ring (bicyclic) bond motifs is 1. The molecule has 1 aromatic carbocycles. The lowest BCUT2D eigenvalue weighted by molar-refractivity contribution is -0.393. The SMILES string of the molecule is CCn1ncc2cc([N+](=O)[O-])cc([N+](=O)[O-])c21. The molecule has 0 amide bonds. The monoisotopic (exact) mass is 236 g/mol. The fourth-order valence-electron chi connectivity index (χ4n) is 1.68. The molecule has 17 heavy (non-hydrogen) atoms. The van der Waals surface area contributed by atoms with E-state index in [9.17, 15) is 20.2 Å². The van der Waals surface area contributed by atoms with Gasteiger partial charge in [-0.3, -0.25) is 24.9 Å². The number of nitro benzene ring substituents is 2. The largest absolute Gasteiger partial charge is 0.301 e. The highest BCUT2D eigenvalue weighted by molar-refractivity contribution is 5.89. The van der Waals surface area contributed by atoms with Gasteiger partial charge in [-0.25, -0.2) is 0 Å². The normalized spacial score (nSPS) is 10.6. The van der Waals surface area contributed by atoms with Gasteiger partial charge >= 0.3 is 5.69 Å². The first-order valence-electron chi connectivity index (χ1n) is 4.83. The van der Waals surface area contributed by atoms with Crippen LogP contribution in [0.5, 0.6) is 0 Å². The van der Waals surface area contributed by atoms with Gasteiger partial charge in [-0.2, -0.15) is 5.10 Å². The van der Waals surface area contributed by atoms with Crippen molar-refractivity contribution in [2.24, 2.45) is 0 Å². The molecule has 0 radical (unpaired) electrons. The molecule has 88 valence electrons. The number of hydrogen-bond donors (Lipinski definition) is 0. The van der Waals surface area contributed by atoms with Crippen LogP contribution in [-0.4, -0.2) is 19.6 Å². The standard InChI is InChI=1S/C9H8N4O4/c1-2-11-9-6(5-10-11)3-7(12(14)15)4-8(9)13(16)17/h3-5H,2H2,1H3. The van der Waals surface area contributed by atoms with Crippen LogP contribution in [-0.2, 0) is 6.54 Å². The quantitative estimate of drug-likeness (QED) is 0.597. The van der Waals surface area contributed by atoms with E-state index in [1.165, 1.54) is 16.9 Å². The molecule has 0 spiro atoms. The molecule has 0 bridgehead atoms. The van der Waals surface area contributed by atoms with E-state index in [1.54, 1.807) is 6.92 Å². The number of nitrogens with zero attached hydrogens (tertiary/aromatic N) is 4. The summed E-state index contributed by atoms with van der Waals surface area (Å²) in [6, 6.07) is 2.23. The zero-order valence-electron chi connectivity index (χ0n) is 8.86. The fourth-order valence-corrected chi connectivity index (χ4v) is 1.68. The summed E-state index contributed by atoms with van der Waals surface area (Å²) in [5.41, 5.74) is -0.295. The summed E-state index contributed by atoms with van der Waals surface area (Å²) in [4.78, 5) is 20.3. The molecular weight excluding hydrogens is 228 g/mol. The molecule has 0 unspecified atom stereocenters. The number of aryl methyl sites for hydroxylation is 1. The third kappa shape index (κ3) is 1.69. The Labute approximate surface area is 94.8 Å². The number of aromatic nitrogens is 2. The molecule has 8 heteroatoms. The second-order valence-corrected chi connectivity index (χ2v) is 3.38. The first kappa shape index (κ1) is 11.0. The lowest BCUT2D eigenvalue weighted by Gasteiger charge is -2.00. The summed E-state index contributed by atoms with van der Waals surface area (Å²) < 4.78 is 1.44. The maximum atomic E-state index is 10.9. The van der Waals surface area contributed by atoms with E-state index >= 15 is 0 Å². The van der Waals surface area contributed by atoms with Crippen molar-refractivity contribution in [3.05, 3.63) is 38.6 Å². The smallest absolute Gasteiger partial charge is 0.258 e. The van der Waals surface area contributed by atoms with Crippen molar-refractivity contribution in [1.29, 1.82) is 0 Å². The van der Waals surface area contributed by atoms with Gasteiger partial charge in [0.05, 0.1) is 22.1 Å². The molecule has 0 aliphatic carbocycles. The van der Waals surface area contributed by atoms with Gasteiger partial charge in [0, 0.05) is 18.0 Å². The highest BCUT2D eigenvalue weighted by Crippen LogP contribution is 2.30. The average Bonchev–Trinajstić information content (AvgIpc) is 2.70. The predicted octanol–water partition coefficient (Wildman–Crippen LogP) is 1.87. The maximum Gasteiger partial charge on any atom is 0.301 e. The molecule has 2 aromatic rings. The van der Waals surface area contributed by atoms with E-state index in [1.807, 2.05) is 0 Å². The molecule has 0 saturated heterocycles. The molecule has 0 fully saturated rings. The summed E-state index contributed by atoms with van der Waals surface area (Å²) >= 11 is 0. The van der Waals surface area contributed by atoms with Gasteiger partial charge in [-0.15, -0.1) is 0 Å². The van der Waals surface area contributed by atoms with Crippen molar-refractivity contribution in [2.45, 2.75) is 13.5 Å². The first-order valence-corrected chi connectivity index (χ1v) is 4.83. The van der Waals surface area contributed by atoms with Crippen LogP contribution in [0.1, 0.15) is 6.92 Å². The van der Waals surface area contributed by atoms with E-state index < -0.39 is 9.85 Å². The Morgan fingerprint density at radius 3 is 2.53 bits per heavy atom. The Balaban J connectivity index is 2.83. The van der Waals surface area contributed by atoms with Crippen molar-refractivity contribution in [3.8, 4) is 0 Å². The van der Waals surface area contributed by atoms with Crippen LogP contribution in [0.25, 0.3) is 10.9 Å². The van der Waals surface area contributed by atoms with Gasteiger partial charge < -0.3 is 0 Å². The highest BCUT2D eigenvalue weighted by Gasteiger charge is 2.22. The minimum absolute atomic E-state index is 0.298. The van der Waals surface area contributed by atoms with Crippen molar-refractivity contribution in [2.75, 3.05) is 0 Å². The van der Waals surface area contributed by atoms with Crippen LogP contribution in [0.4, 0.5) is 11.4 Å². The first-order chi connectivity index (χ1) is 8.04. The summed E-state index contributed by atoms with van der Waals surface area (Å²) in [5, 5.41) is 25.9. The molecule has 8 nitrogen and oxygen atoms in total. The number of nitro groups is 2. The Hall–Kier alpha value is -2.51. The lowest BCUT2D eigenvalue weighted by Crippen LogP contribution is -2.00. The van der Waals surface area contributed by atoms with Crippen LogP contribution in [0.3, 0.4) is 0 Å². The molecule has 0 saturated carbocycles. The summed E-state index contributed by atoms with van der Waals surface area (Å²) in [7, 11) is 0. The van der Waals surface area contributed by atoms with E-state index in [-0.39, 0.29) is 11.4 Å². The highest BCUT2D eigenvalue weighted by atomic mass is 16.6. The van der Waals surface area contributed by atoms with Crippen LogP contribution in [0.2, 0.25) is 0 Å². The Bertz CT molecular complexity index is 619. The molecule has 1 heterocycles. The van der Waals surface area contributed by atoms with Gasteiger partial charge in [0.2, 0.25) is 0 Å². The van der Waals surface area contributed by atoms with Crippen molar-refractivity contribution in [1.82, 2.24) is 9.78 Å². The van der Waals surface area contributed by atoms with E-state index in [0.717, 1.165) is 6.07 Å². The fraction of sp³-hybridized carbons (Fsp3) is 0.222. The molecule has 2 rings (SSSR count). The van der Waals surface area contributed by atoms with Crippen LogP contribution < -0.4 is 0 Å². The van der Waals surface area contributed by atoms with Gasteiger partial charge in [0.25, 0.3) is 5.69 Å². The van der Waals surface area contributed by atoms with Gasteiger partial charge in [0.15, 0.2) is 0 Å². The minimum Gasteiger partial charge on any atom is -0.258 e. The molecule has 1 aromatic heterocycles. The molecule has 0 N–H and O–H groups in total. The van der Waals surface area contributed by atoms with Gasteiger partial charge in [0.1, 0.15) is 5.52 Å². The van der Waals surface area contributed by atoms with Crippen LogP contribution in [0.15, 0.2) is 18.3 Å². The number of rotatable bonds is 3. The third-order valence-electron chi connectivity index (χ3n) is 2.41. The second-order valence-electron chi connectivity index (χ2n) is 3.38. The zero-order valence-corrected chi connectivity index (χ0v) is 8.86. The van der Waals surface area contributed by atoms with Crippen LogP contribution in [0, 0.1) is 20.2 Å².